The number of rotatable bonds is 1. The van der Waals surface area contributed by atoms with Gasteiger partial charge in [0.1, 0.15) is 13.2 Å². The fourth-order valence-corrected chi connectivity index (χ4v) is 2.20. The number of benzene rings is 2. The van der Waals surface area contributed by atoms with Gasteiger partial charge in [0, 0.05) is 16.1 Å². The number of para-hydroxylation sites is 1. The van der Waals surface area contributed by atoms with Crippen LogP contribution in [0.4, 0.5) is 0 Å². The Hall–Kier alpha value is -1.71. The van der Waals surface area contributed by atoms with Crippen LogP contribution in [-0.4, -0.2) is 20.3 Å². The number of hydrogen-bond acceptors (Lipinski definition) is 3. The number of fused-ring (bicyclic) bond motifs is 1. The van der Waals surface area contributed by atoms with Crippen molar-refractivity contribution in [2.45, 2.75) is 0 Å². The molecule has 0 unspecified atom stereocenters. The third-order valence-corrected chi connectivity index (χ3v) is 3.06. The van der Waals surface area contributed by atoms with Crippen LogP contribution in [-0.2, 0) is 0 Å². The fourth-order valence-electron chi connectivity index (χ4n) is 1.97. The molecule has 0 saturated carbocycles. The van der Waals surface area contributed by atoms with Crippen LogP contribution in [0.1, 0.15) is 0 Å². The molecule has 0 amide bonds. The molecule has 3 rings (SSSR count). The maximum atomic E-state index is 6.20. The largest absolute Gasteiger partial charge is 0.486 e. The SMILES string of the molecule is CN.Clc1ccccc1-c1cccc2c1OCCO2. The maximum Gasteiger partial charge on any atom is 0.169 e. The van der Waals surface area contributed by atoms with Crippen molar-refractivity contribution in [3.8, 4) is 22.6 Å². The summed E-state index contributed by atoms with van der Waals surface area (Å²) in [6.45, 7) is 1.17. The highest BCUT2D eigenvalue weighted by atomic mass is 35.5. The molecule has 2 aromatic rings. The van der Waals surface area contributed by atoms with E-state index in [2.05, 4.69) is 5.73 Å². The zero-order valence-corrected chi connectivity index (χ0v) is 11.5. The standard InChI is InChI=1S/C14H11ClO2.CH5N/c15-12-6-2-1-4-10(12)11-5-3-7-13-14(11)17-9-8-16-13;1-2/h1-7H,8-9H2;2H2,1H3. The molecule has 2 N–H and O–H groups in total. The van der Waals surface area contributed by atoms with Crippen LogP contribution in [0.2, 0.25) is 5.02 Å². The first-order chi connectivity index (χ1) is 9.36. The Kier molecular flexibility index (Phi) is 4.66. The van der Waals surface area contributed by atoms with Gasteiger partial charge < -0.3 is 15.2 Å². The summed E-state index contributed by atoms with van der Waals surface area (Å²) in [4.78, 5) is 0. The first kappa shape index (κ1) is 13.7. The lowest BCUT2D eigenvalue weighted by Crippen LogP contribution is -2.15. The minimum atomic E-state index is 0.578. The average Bonchev–Trinajstić information content (AvgIpc) is 2.49. The maximum absolute atomic E-state index is 6.20. The normalized spacial score (nSPS) is 12.4. The van der Waals surface area contributed by atoms with E-state index < -0.39 is 0 Å². The third kappa shape index (κ3) is 2.83. The molecule has 100 valence electrons. The molecule has 0 atom stereocenters. The van der Waals surface area contributed by atoms with Gasteiger partial charge >= 0.3 is 0 Å². The van der Waals surface area contributed by atoms with Gasteiger partial charge in [-0.25, -0.2) is 0 Å². The Labute approximate surface area is 117 Å². The molecule has 0 bridgehead atoms. The van der Waals surface area contributed by atoms with Crippen LogP contribution in [0.15, 0.2) is 42.5 Å². The van der Waals surface area contributed by atoms with Crippen LogP contribution < -0.4 is 15.2 Å². The number of hydrogen-bond donors (Lipinski definition) is 1. The van der Waals surface area contributed by atoms with Gasteiger partial charge in [0.2, 0.25) is 0 Å². The minimum absolute atomic E-state index is 0.578. The van der Waals surface area contributed by atoms with Crippen LogP contribution in [0.3, 0.4) is 0 Å². The van der Waals surface area contributed by atoms with E-state index in [1.807, 2.05) is 42.5 Å². The summed E-state index contributed by atoms with van der Waals surface area (Å²) in [6, 6.07) is 13.6. The van der Waals surface area contributed by atoms with E-state index in [1.54, 1.807) is 0 Å². The van der Waals surface area contributed by atoms with Gasteiger partial charge in [0.05, 0.1) is 0 Å². The lowest BCUT2D eigenvalue weighted by Gasteiger charge is -2.21. The van der Waals surface area contributed by atoms with Crippen LogP contribution in [0.25, 0.3) is 11.1 Å². The molecule has 4 heteroatoms. The Morgan fingerprint density at radius 1 is 0.895 bits per heavy atom. The predicted octanol–water partition coefficient (Wildman–Crippen LogP) is 3.35. The van der Waals surface area contributed by atoms with Crippen molar-refractivity contribution in [1.82, 2.24) is 0 Å². The molecule has 1 aliphatic heterocycles. The topological polar surface area (TPSA) is 44.5 Å². The van der Waals surface area contributed by atoms with E-state index in [-0.39, 0.29) is 0 Å². The van der Waals surface area contributed by atoms with Gasteiger partial charge in [-0.2, -0.15) is 0 Å². The summed E-state index contributed by atoms with van der Waals surface area (Å²) >= 11 is 6.20. The van der Waals surface area contributed by atoms with Crippen molar-refractivity contribution in [2.75, 3.05) is 20.3 Å². The fraction of sp³-hybridized carbons (Fsp3) is 0.200. The van der Waals surface area contributed by atoms with E-state index in [9.17, 15) is 0 Å². The Morgan fingerprint density at radius 2 is 1.58 bits per heavy atom. The molecule has 2 aromatic carbocycles. The van der Waals surface area contributed by atoms with E-state index in [0.717, 1.165) is 27.6 Å². The lowest BCUT2D eigenvalue weighted by molar-refractivity contribution is 0.172. The van der Waals surface area contributed by atoms with Gasteiger partial charge in [-0.15, -0.1) is 0 Å². The zero-order valence-electron chi connectivity index (χ0n) is 10.7. The third-order valence-electron chi connectivity index (χ3n) is 2.73. The minimum Gasteiger partial charge on any atom is -0.486 e. The first-order valence-electron chi connectivity index (χ1n) is 6.07. The summed E-state index contributed by atoms with van der Waals surface area (Å²) in [5.74, 6) is 1.57. The number of halogens is 1. The second kappa shape index (κ2) is 6.45. The predicted molar refractivity (Wildman–Crippen MR) is 78.0 cm³/mol. The van der Waals surface area contributed by atoms with Crippen molar-refractivity contribution in [3.63, 3.8) is 0 Å². The Morgan fingerprint density at radius 3 is 2.37 bits per heavy atom. The molecule has 0 radical (unpaired) electrons. The second-order valence-electron chi connectivity index (χ2n) is 3.81. The van der Waals surface area contributed by atoms with Gasteiger partial charge in [-0.3, -0.25) is 0 Å². The zero-order chi connectivity index (χ0) is 13.7. The van der Waals surface area contributed by atoms with Crippen molar-refractivity contribution >= 4 is 11.6 Å². The van der Waals surface area contributed by atoms with Crippen molar-refractivity contribution in [2.24, 2.45) is 5.73 Å². The van der Waals surface area contributed by atoms with E-state index >= 15 is 0 Å². The molecule has 0 aliphatic carbocycles. The summed E-state index contributed by atoms with van der Waals surface area (Å²) < 4.78 is 11.2. The van der Waals surface area contributed by atoms with Gasteiger partial charge in [0.25, 0.3) is 0 Å². The molecule has 0 saturated heterocycles. The molecular formula is C15H16ClNO2. The molecule has 3 nitrogen and oxygen atoms in total. The summed E-state index contributed by atoms with van der Waals surface area (Å²) in [5, 5.41) is 0.718. The van der Waals surface area contributed by atoms with Crippen LogP contribution in [0.5, 0.6) is 11.5 Å². The monoisotopic (exact) mass is 277 g/mol. The van der Waals surface area contributed by atoms with E-state index in [1.165, 1.54) is 7.05 Å². The number of ether oxygens (including phenoxy) is 2. The molecule has 0 spiro atoms. The molecule has 0 fully saturated rings. The Balaban J connectivity index is 0.000000637. The molecular weight excluding hydrogens is 262 g/mol. The highest BCUT2D eigenvalue weighted by Gasteiger charge is 2.17. The summed E-state index contributed by atoms with van der Waals surface area (Å²) in [5.41, 5.74) is 6.45. The van der Waals surface area contributed by atoms with E-state index in [0.29, 0.717) is 13.2 Å². The van der Waals surface area contributed by atoms with E-state index in [4.69, 9.17) is 21.1 Å². The molecule has 1 aliphatic rings. The average molecular weight is 278 g/mol. The summed E-state index contributed by atoms with van der Waals surface area (Å²) in [6.07, 6.45) is 0. The van der Waals surface area contributed by atoms with Crippen LogP contribution >= 0.6 is 11.6 Å². The Bertz CT molecular complexity index is 558. The van der Waals surface area contributed by atoms with Crippen molar-refractivity contribution < 1.29 is 9.47 Å². The quantitative estimate of drug-likeness (QED) is 0.869. The van der Waals surface area contributed by atoms with Gasteiger partial charge in [-0.1, -0.05) is 41.9 Å². The van der Waals surface area contributed by atoms with Crippen molar-refractivity contribution in [3.05, 3.63) is 47.5 Å². The van der Waals surface area contributed by atoms with Gasteiger partial charge in [-0.05, 0) is 19.2 Å². The summed E-state index contributed by atoms with van der Waals surface area (Å²) in [7, 11) is 1.50. The highest BCUT2D eigenvalue weighted by Crippen LogP contribution is 2.41. The molecule has 0 aromatic heterocycles. The molecule has 1 heterocycles. The lowest BCUT2D eigenvalue weighted by atomic mass is 10.0. The van der Waals surface area contributed by atoms with Crippen LogP contribution in [0, 0.1) is 0 Å². The second-order valence-corrected chi connectivity index (χ2v) is 4.22. The smallest absolute Gasteiger partial charge is 0.169 e. The number of nitrogens with two attached hydrogens (primary N) is 1. The van der Waals surface area contributed by atoms with Crippen molar-refractivity contribution in [1.29, 1.82) is 0 Å². The molecule has 19 heavy (non-hydrogen) atoms. The highest BCUT2D eigenvalue weighted by molar-refractivity contribution is 6.33. The first-order valence-corrected chi connectivity index (χ1v) is 6.45. The van der Waals surface area contributed by atoms with Gasteiger partial charge in [0.15, 0.2) is 11.5 Å².